The van der Waals surface area contributed by atoms with Crippen molar-refractivity contribution in [2.45, 2.75) is 38.5 Å². The molecular formula is C16H30N2O5S2. The largest absolute Gasteiger partial charge is 0.396 e. The highest BCUT2D eigenvalue weighted by Crippen LogP contribution is 2.37. The fraction of sp³-hybridized carbons (Fsp3) is 1.00. The lowest BCUT2D eigenvalue weighted by molar-refractivity contribution is 0.0871. The van der Waals surface area contributed by atoms with Crippen molar-refractivity contribution in [3.63, 3.8) is 0 Å². The molecule has 0 bridgehead atoms. The van der Waals surface area contributed by atoms with Gasteiger partial charge >= 0.3 is 0 Å². The van der Waals surface area contributed by atoms with Crippen molar-refractivity contribution in [3.8, 4) is 0 Å². The molecule has 7 nitrogen and oxygen atoms in total. The molecule has 146 valence electrons. The first-order chi connectivity index (χ1) is 11.8. The molecule has 0 spiro atoms. The van der Waals surface area contributed by atoms with Crippen LogP contribution < -0.4 is 0 Å². The number of hydrogen-bond donors (Lipinski definition) is 1. The molecule has 0 aromatic rings. The molecular weight excluding hydrogens is 364 g/mol. The summed E-state index contributed by atoms with van der Waals surface area (Å²) >= 11 is 0. The first-order valence-corrected chi connectivity index (χ1v) is 12.6. The Hall–Kier alpha value is -0.220. The van der Waals surface area contributed by atoms with Gasteiger partial charge in [-0.05, 0) is 24.2 Å². The Kier molecular flexibility index (Phi) is 6.09. The van der Waals surface area contributed by atoms with E-state index >= 15 is 0 Å². The van der Waals surface area contributed by atoms with Crippen LogP contribution in [-0.4, -0.2) is 74.8 Å². The summed E-state index contributed by atoms with van der Waals surface area (Å²) in [5.74, 6) is 0.617. The predicted octanol–water partition coefficient (Wildman–Crippen LogP) is 0.472. The molecule has 3 aliphatic rings. The Morgan fingerprint density at radius 2 is 1.56 bits per heavy atom. The summed E-state index contributed by atoms with van der Waals surface area (Å²) in [6.45, 7) is 0.930. The lowest BCUT2D eigenvalue weighted by Crippen LogP contribution is -2.54. The minimum absolute atomic E-state index is 0.00359. The number of aliphatic hydroxyl groups is 1. The van der Waals surface area contributed by atoms with Crippen LogP contribution in [0.2, 0.25) is 0 Å². The maximum atomic E-state index is 13.0. The monoisotopic (exact) mass is 394 g/mol. The van der Waals surface area contributed by atoms with Gasteiger partial charge in [0.05, 0.1) is 11.5 Å². The zero-order chi connectivity index (χ0) is 18.1. The zero-order valence-electron chi connectivity index (χ0n) is 14.7. The van der Waals surface area contributed by atoms with E-state index in [-0.39, 0.29) is 37.1 Å². The first kappa shape index (κ1) is 19.5. The molecule has 1 aliphatic carbocycles. The van der Waals surface area contributed by atoms with Gasteiger partial charge in [0, 0.05) is 32.8 Å². The van der Waals surface area contributed by atoms with Crippen LogP contribution in [0.15, 0.2) is 0 Å². The number of nitrogens with zero attached hydrogens (tertiary/aromatic N) is 2. The van der Waals surface area contributed by atoms with Gasteiger partial charge < -0.3 is 5.11 Å². The van der Waals surface area contributed by atoms with Gasteiger partial charge in [-0.1, -0.05) is 32.1 Å². The normalized spacial score (nSPS) is 33.3. The van der Waals surface area contributed by atoms with Crippen molar-refractivity contribution in [1.82, 2.24) is 8.61 Å². The summed E-state index contributed by atoms with van der Waals surface area (Å²) in [5.41, 5.74) is 0. The van der Waals surface area contributed by atoms with Crippen molar-refractivity contribution in [2.24, 2.45) is 17.8 Å². The molecule has 9 heteroatoms. The second-order valence-corrected chi connectivity index (χ2v) is 12.1. The van der Waals surface area contributed by atoms with Gasteiger partial charge in [0.25, 0.3) is 10.2 Å². The average Bonchev–Trinajstić information content (AvgIpc) is 2.61. The third-order valence-electron chi connectivity index (χ3n) is 6.07. The van der Waals surface area contributed by atoms with Gasteiger partial charge in [-0.3, -0.25) is 0 Å². The van der Waals surface area contributed by atoms with Crippen molar-refractivity contribution in [2.75, 3.05) is 44.3 Å². The van der Waals surface area contributed by atoms with Crippen LogP contribution in [0.3, 0.4) is 0 Å². The van der Waals surface area contributed by atoms with E-state index in [0.29, 0.717) is 24.9 Å². The minimum atomic E-state index is -3.66. The average molecular weight is 395 g/mol. The van der Waals surface area contributed by atoms with Gasteiger partial charge in [0.15, 0.2) is 9.84 Å². The maximum Gasteiger partial charge on any atom is 0.282 e. The smallest absolute Gasteiger partial charge is 0.282 e. The molecule has 25 heavy (non-hydrogen) atoms. The van der Waals surface area contributed by atoms with E-state index < -0.39 is 20.0 Å². The Bertz CT molecular complexity index is 644. The fourth-order valence-electron chi connectivity index (χ4n) is 4.56. The van der Waals surface area contributed by atoms with Crippen molar-refractivity contribution in [3.05, 3.63) is 0 Å². The zero-order valence-corrected chi connectivity index (χ0v) is 16.3. The lowest BCUT2D eigenvalue weighted by atomic mass is 9.75. The van der Waals surface area contributed by atoms with Gasteiger partial charge in [-0.25, -0.2) is 8.42 Å². The molecule has 2 heterocycles. The highest BCUT2D eigenvalue weighted by atomic mass is 32.2. The van der Waals surface area contributed by atoms with E-state index in [4.69, 9.17) is 0 Å². The third kappa shape index (κ3) is 4.55. The maximum absolute atomic E-state index is 13.0. The Labute approximate surface area is 151 Å². The van der Waals surface area contributed by atoms with Crippen LogP contribution in [0.25, 0.3) is 0 Å². The molecule has 3 rings (SSSR count). The standard InChI is InChI=1S/C16H30N2O5S2/c19-13-14-10-16(15-4-2-1-3-5-15)12-18(11-14)25(22,23)17-6-8-24(20,21)9-7-17/h14-16,19H,1-13H2. The molecule has 2 atom stereocenters. The summed E-state index contributed by atoms with van der Waals surface area (Å²) in [6.07, 6.45) is 6.87. The molecule has 1 saturated carbocycles. The molecule has 1 N–H and O–H groups in total. The van der Waals surface area contributed by atoms with E-state index in [2.05, 4.69) is 0 Å². The van der Waals surface area contributed by atoms with Gasteiger partial charge in [0.2, 0.25) is 0 Å². The lowest BCUT2D eigenvalue weighted by Gasteiger charge is -2.42. The van der Waals surface area contributed by atoms with E-state index in [0.717, 1.165) is 19.3 Å². The minimum Gasteiger partial charge on any atom is -0.396 e. The van der Waals surface area contributed by atoms with Crippen LogP contribution in [0.5, 0.6) is 0 Å². The SMILES string of the molecule is O=S1(=O)CCN(S(=O)(=O)N2CC(CO)CC(C3CCCCC3)C2)CC1. The Morgan fingerprint density at radius 3 is 2.16 bits per heavy atom. The first-order valence-electron chi connectivity index (χ1n) is 9.38. The van der Waals surface area contributed by atoms with Crippen LogP contribution in [0.1, 0.15) is 38.5 Å². The summed E-state index contributed by atoms with van der Waals surface area (Å²) in [4.78, 5) is 0. The van der Waals surface area contributed by atoms with E-state index in [1.807, 2.05) is 0 Å². The molecule has 0 amide bonds. The third-order valence-corrected chi connectivity index (χ3v) is 9.64. The number of piperidine rings is 1. The highest BCUT2D eigenvalue weighted by Gasteiger charge is 2.41. The molecule has 3 fully saturated rings. The van der Waals surface area contributed by atoms with Crippen LogP contribution in [0.4, 0.5) is 0 Å². The predicted molar refractivity (Wildman–Crippen MR) is 96.0 cm³/mol. The second-order valence-electron chi connectivity index (χ2n) is 7.82. The molecule has 2 unspecified atom stereocenters. The van der Waals surface area contributed by atoms with Crippen LogP contribution >= 0.6 is 0 Å². The van der Waals surface area contributed by atoms with Crippen LogP contribution in [0, 0.1) is 17.8 Å². The number of rotatable bonds is 4. The molecule has 0 aromatic carbocycles. The van der Waals surface area contributed by atoms with Crippen molar-refractivity contribution < 1.29 is 21.9 Å². The fourth-order valence-corrected chi connectivity index (χ4v) is 7.74. The van der Waals surface area contributed by atoms with Gasteiger partial charge in [-0.15, -0.1) is 0 Å². The summed E-state index contributed by atoms with van der Waals surface area (Å²) < 4.78 is 52.0. The highest BCUT2D eigenvalue weighted by molar-refractivity contribution is 7.91. The van der Waals surface area contributed by atoms with E-state index in [1.165, 1.54) is 27.9 Å². The molecule has 2 aliphatic heterocycles. The Morgan fingerprint density at radius 1 is 0.920 bits per heavy atom. The number of aliphatic hydroxyl groups excluding tert-OH is 1. The summed E-state index contributed by atoms with van der Waals surface area (Å²) in [5, 5.41) is 9.66. The quantitative estimate of drug-likeness (QED) is 0.748. The van der Waals surface area contributed by atoms with Crippen molar-refractivity contribution in [1.29, 1.82) is 0 Å². The summed E-state index contributed by atoms with van der Waals surface area (Å²) in [7, 11) is -6.77. The van der Waals surface area contributed by atoms with E-state index in [9.17, 15) is 21.9 Å². The molecule has 0 aromatic heterocycles. The molecule has 0 radical (unpaired) electrons. The second kappa shape index (κ2) is 7.80. The topological polar surface area (TPSA) is 95.0 Å². The number of hydrogen-bond acceptors (Lipinski definition) is 5. The van der Waals surface area contributed by atoms with Crippen LogP contribution in [-0.2, 0) is 20.0 Å². The Balaban J connectivity index is 1.72. The van der Waals surface area contributed by atoms with Gasteiger partial charge in [0.1, 0.15) is 0 Å². The summed E-state index contributed by atoms with van der Waals surface area (Å²) in [6, 6.07) is 0. The molecule has 2 saturated heterocycles. The number of sulfone groups is 1. The van der Waals surface area contributed by atoms with Crippen molar-refractivity contribution >= 4 is 20.0 Å². The van der Waals surface area contributed by atoms with Gasteiger partial charge in [-0.2, -0.15) is 17.0 Å². The van der Waals surface area contributed by atoms with E-state index in [1.54, 1.807) is 0 Å².